The Labute approximate surface area is 120 Å². The van der Waals surface area contributed by atoms with Crippen molar-refractivity contribution in [3.8, 4) is 0 Å². The van der Waals surface area contributed by atoms with Gasteiger partial charge in [-0.2, -0.15) is 0 Å². The van der Waals surface area contributed by atoms with E-state index in [0.717, 1.165) is 25.7 Å². The van der Waals surface area contributed by atoms with Gasteiger partial charge in [0.1, 0.15) is 5.01 Å². The van der Waals surface area contributed by atoms with Crippen LogP contribution in [0.15, 0.2) is 18.0 Å². The lowest BCUT2D eigenvalue weighted by molar-refractivity contribution is 0.280. The molecular formula is C15H25N3S. The van der Waals surface area contributed by atoms with E-state index in [2.05, 4.69) is 42.9 Å². The largest absolute Gasteiger partial charge is 0.306 e. The highest BCUT2D eigenvalue weighted by molar-refractivity contribution is 7.09. The van der Waals surface area contributed by atoms with Crippen molar-refractivity contribution >= 4 is 11.3 Å². The summed E-state index contributed by atoms with van der Waals surface area (Å²) in [4.78, 5) is 7.20. The molecule has 0 aromatic carbocycles. The first-order valence-corrected chi connectivity index (χ1v) is 7.89. The second-order valence-corrected chi connectivity index (χ2v) is 7.23. The third-order valence-corrected chi connectivity index (χ3v) is 4.06. The zero-order chi connectivity index (χ0) is 13.9. The lowest BCUT2D eigenvalue weighted by Crippen LogP contribution is -2.35. The first kappa shape index (κ1) is 14.7. The van der Waals surface area contributed by atoms with Crippen LogP contribution < -0.4 is 5.32 Å². The summed E-state index contributed by atoms with van der Waals surface area (Å²) in [6, 6.07) is 0.760. The zero-order valence-corrected chi connectivity index (χ0v) is 13.1. The van der Waals surface area contributed by atoms with Gasteiger partial charge < -0.3 is 5.32 Å². The van der Waals surface area contributed by atoms with Gasteiger partial charge in [0.15, 0.2) is 0 Å². The van der Waals surface area contributed by atoms with E-state index in [0.29, 0.717) is 0 Å². The third-order valence-electron chi connectivity index (χ3n) is 3.16. The van der Waals surface area contributed by atoms with Crippen LogP contribution in [0.1, 0.15) is 44.3 Å². The van der Waals surface area contributed by atoms with Gasteiger partial charge in [-0.3, -0.25) is 4.90 Å². The van der Waals surface area contributed by atoms with E-state index in [4.69, 9.17) is 4.98 Å². The average molecular weight is 279 g/mol. The lowest BCUT2D eigenvalue weighted by Gasteiger charge is -2.19. The molecule has 0 atom stereocenters. The first-order valence-electron chi connectivity index (χ1n) is 7.01. The molecule has 1 fully saturated rings. The van der Waals surface area contributed by atoms with Crippen molar-refractivity contribution in [2.45, 2.75) is 58.3 Å². The van der Waals surface area contributed by atoms with E-state index in [1.165, 1.54) is 23.5 Å². The fourth-order valence-electron chi connectivity index (χ4n) is 2.00. The molecule has 106 valence electrons. The summed E-state index contributed by atoms with van der Waals surface area (Å²) in [7, 11) is 0. The average Bonchev–Trinajstić information content (AvgIpc) is 3.07. The Morgan fingerprint density at radius 1 is 1.53 bits per heavy atom. The second-order valence-electron chi connectivity index (χ2n) is 6.29. The lowest BCUT2D eigenvalue weighted by atomic mass is 10.1. The maximum Gasteiger partial charge on any atom is 0.107 e. The number of hydrogen-bond donors (Lipinski definition) is 1. The number of hydrogen-bond acceptors (Lipinski definition) is 4. The summed E-state index contributed by atoms with van der Waals surface area (Å²) < 4.78 is 0. The normalized spacial score (nSPS) is 16.0. The summed E-state index contributed by atoms with van der Waals surface area (Å²) in [5.74, 6) is 0. The number of aromatic nitrogens is 1. The van der Waals surface area contributed by atoms with E-state index >= 15 is 0 Å². The highest BCUT2D eigenvalue weighted by Gasteiger charge is 2.28. The number of nitrogens with zero attached hydrogens (tertiary/aromatic N) is 2. The van der Waals surface area contributed by atoms with Crippen molar-refractivity contribution in [3.63, 3.8) is 0 Å². The molecule has 1 aliphatic carbocycles. The SMILES string of the molecule is C=CCN(Cc1csc(CNC(C)(C)C)n1)C1CC1. The third kappa shape index (κ3) is 5.05. The zero-order valence-electron chi connectivity index (χ0n) is 12.3. The van der Waals surface area contributed by atoms with Gasteiger partial charge in [-0.05, 0) is 33.6 Å². The second kappa shape index (κ2) is 6.16. The van der Waals surface area contributed by atoms with Gasteiger partial charge in [0.05, 0.1) is 5.69 Å². The molecule has 0 aliphatic heterocycles. The van der Waals surface area contributed by atoms with E-state index in [1.807, 2.05) is 6.08 Å². The summed E-state index contributed by atoms with van der Waals surface area (Å²) in [5, 5.41) is 6.86. The molecule has 3 nitrogen and oxygen atoms in total. The molecule has 1 aromatic heterocycles. The monoisotopic (exact) mass is 279 g/mol. The molecule has 2 rings (SSSR count). The standard InChI is InChI=1S/C15H25N3S/c1-5-8-18(13-6-7-13)10-12-11-19-14(17-12)9-16-15(2,3)4/h5,11,13,16H,1,6-10H2,2-4H3. The van der Waals surface area contributed by atoms with Crippen molar-refractivity contribution in [2.75, 3.05) is 6.54 Å². The smallest absolute Gasteiger partial charge is 0.107 e. The van der Waals surface area contributed by atoms with E-state index < -0.39 is 0 Å². The minimum atomic E-state index is 0.148. The maximum absolute atomic E-state index is 4.73. The summed E-state index contributed by atoms with van der Waals surface area (Å²) in [5.41, 5.74) is 1.35. The van der Waals surface area contributed by atoms with Gasteiger partial charge in [0.25, 0.3) is 0 Å². The predicted molar refractivity (Wildman–Crippen MR) is 82.3 cm³/mol. The van der Waals surface area contributed by atoms with Crippen molar-refractivity contribution in [3.05, 3.63) is 28.7 Å². The van der Waals surface area contributed by atoms with Gasteiger partial charge in [-0.15, -0.1) is 17.9 Å². The molecule has 4 heteroatoms. The van der Waals surface area contributed by atoms with E-state index in [1.54, 1.807) is 11.3 Å². The first-order chi connectivity index (χ1) is 8.98. The van der Waals surface area contributed by atoms with Crippen LogP contribution in [0.3, 0.4) is 0 Å². The van der Waals surface area contributed by atoms with Crippen LogP contribution in [-0.4, -0.2) is 28.0 Å². The van der Waals surface area contributed by atoms with Crippen LogP contribution >= 0.6 is 11.3 Å². The summed E-state index contributed by atoms with van der Waals surface area (Å²) in [6.45, 7) is 13.2. The van der Waals surface area contributed by atoms with Crippen molar-refractivity contribution in [1.82, 2.24) is 15.2 Å². The number of rotatable bonds is 7. The van der Waals surface area contributed by atoms with Crippen LogP contribution in [0.4, 0.5) is 0 Å². The van der Waals surface area contributed by atoms with Crippen molar-refractivity contribution in [2.24, 2.45) is 0 Å². The molecule has 0 saturated heterocycles. The molecule has 0 spiro atoms. The Balaban J connectivity index is 1.87. The predicted octanol–water partition coefficient (Wildman–Crippen LogP) is 3.18. The topological polar surface area (TPSA) is 28.2 Å². The van der Waals surface area contributed by atoms with Crippen molar-refractivity contribution in [1.29, 1.82) is 0 Å². The van der Waals surface area contributed by atoms with Gasteiger partial charge >= 0.3 is 0 Å². The maximum atomic E-state index is 4.73. The molecule has 1 aliphatic rings. The fraction of sp³-hybridized carbons (Fsp3) is 0.667. The molecule has 0 bridgehead atoms. The van der Waals surface area contributed by atoms with Crippen LogP contribution in [0.25, 0.3) is 0 Å². The molecule has 0 unspecified atom stereocenters. The fourth-order valence-corrected chi connectivity index (χ4v) is 2.72. The Morgan fingerprint density at radius 2 is 2.26 bits per heavy atom. The van der Waals surface area contributed by atoms with Crippen molar-refractivity contribution < 1.29 is 0 Å². The Bertz CT molecular complexity index is 415. The van der Waals surface area contributed by atoms with E-state index in [9.17, 15) is 0 Å². The molecule has 1 saturated carbocycles. The van der Waals surface area contributed by atoms with Crippen LogP contribution in [0.2, 0.25) is 0 Å². The minimum absolute atomic E-state index is 0.148. The highest BCUT2D eigenvalue weighted by Crippen LogP contribution is 2.28. The molecule has 1 N–H and O–H groups in total. The number of thiazole rings is 1. The molecule has 0 amide bonds. The Morgan fingerprint density at radius 3 is 2.84 bits per heavy atom. The van der Waals surface area contributed by atoms with E-state index in [-0.39, 0.29) is 5.54 Å². The molecule has 1 heterocycles. The quantitative estimate of drug-likeness (QED) is 0.777. The Hall–Kier alpha value is -0.710. The highest BCUT2D eigenvalue weighted by atomic mass is 32.1. The van der Waals surface area contributed by atoms with Gasteiger partial charge in [0.2, 0.25) is 0 Å². The van der Waals surface area contributed by atoms with Crippen LogP contribution in [-0.2, 0) is 13.1 Å². The molecule has 1 aromatic rings. The molecule has 0 radical (unpaired) electrons. The van der Waals surface area contributed by atoms with Crippen LogP contribution in [0, 0.1) is 0 Å². The van der Waals surface area contributed by atoms with Gasteiger partial charge in [-0.1, -0.05) is 6.08 Å². The molecule has 19 heavy (non-hydrogen) atoms. The Kier molecular flexibility index (Phi) is 4.76. The summed E-state index contributed by atoms with van der Waals surface area (Å²) in [6.07, 6.45) is 4.65. The number of nitrogens with one attached hydrogen (secondary N) is 1. The van der Waals surface area contributed by atoms with Gasteiger partial charge in [-0.25, -0.2) is 4.98 Å². The summed E-state index contributed by atoms with van der Waals surface area (Å²) >= 11 is 1.76. The van der Waals surface area contributed by atoms with Crippen LogP contribution in [0.5, 0.6) is 0 Å². The molecular weight excluding hydrogens is 254 g/mol. The minimum Gasteiger partial charge on any atom is -0.306 e. The van der Waals surface area contributed by atoms with Gasteiger partial charge in [0, 0.05) is 36.6 Å².